The number of para-hydroxylation sites is 1. The average Bonchev–Trinajstić information content (AvgIpc) is 2.63. The fraction of sp³-hybridized carbons (Fsp3) is 0.353. The van der Waals surface area contributed by atoms with Gasteiger partial charge in [0.15, 0.2) is 6.10 Å². The molecule has 1 aromatic carbocycles. The third-order valence-corrected chi connectivity index (χ3v) is 3.87. The number of hydrogen-bond acceptors (Lipinski definition) is 5. The lowest BCUT2D eigenvalue weighted by atomic mass is 10.2. The molecule has 1 saturated heterocycles. The molecule has 1 atom stereocenters. The van der Waals surface area contributed by atoms with Crippen molar-refractivity contribution >= 4 is 11.7 Å². The maximum atomic E-state index is 12.5. The van der Waals surface area contributed by atoms with Gasteiger partial charge < -0.3 is 14.5 Å². The van der Waals surface area contributed by atoms with Crippen molar-refractivity contribution in [1.82, 2.24) is 14.9 Å². The summed E-state index contributed by atoms with van der Waals surface area (Å²) in [6, 6.07) is 9.43. The van der Waals surface area contributed by atoms with Crippen molar-refractivity contribution in [2.24, 2.45) is 0 Å². The molecular weight excluding hydrogens is 292 g/mol. The molecule has 2 aromatic rings. The highest BCUT2D eigenvalue weighted by Gasteiger charge is 2.26. The second-order valence-electron chi connectivity index (χ2n) is 5.45. The summed E-state index contributed by atoms with van der Waals surface area (Å²) in [5.74, 6) is 1.59. The van der Waals surface area contributed by atoms with E-state index in [1.165, 1.54) is 0 Å². The molecule has 0 N–H and O–H groups in total. The van der Waals surface area contributed by atoms with E-state index in [9.17, 15) is 4.79 Å². The van der Waals surface area contributed by atoms with E-state index in [1.54, 1.807) is 25.5 Å². The molecule has 1 unspecified atom stereocenters. The number of carbonyl (C=O) groups excluding carboxylic acids is 1. The van der Waals surface area contributed by atoms with Crippen LogP contribution >= 0.6 is 0 Å². The van der Waals surface area contributed by atoms with Gasteiger partial charge in [-0.05, 0) is 19.1 Å². The molecule has 6 heteroatoms. The lowest BCUT2D eigenvalue weighted by molar-refractivity contribution is -0.138. The highest BCUT2D eigenvalue weighted by Crippen LogP contribution is 2.15. The minimum Gasteiger partial charge on any atom is -0.481 e. The van der Waals surface area contributed by atoms with E-state index < -0.39 is 6.10 Å². The van der Waals surface area contributed by atoms with Crippen molar-refractivity contribution < 1.29 is 9.53 Å². The molecule has 1 aliphatic heterocycles. The Labute approximate surface area is 135 Å². The molecule has 0 aliphatic carbocycles. The van der Waals surface area contributed by atoms with Crippen molar-refractivity contribution in [2.75, 3.05) is 31.1 Å². The summed E-state index contributed by atoms with van der Waals surface area (Å²) in [4.78, 5) is 24.9. The number of anilines is 1. The van der Waals surface area contributed by atoms with Gasteiger partial charge >= 0.3 is 0 Å². The number of rotatable bonds is 4. The average molecular weight is 312 g/mol. The molecule has 2 heterocycles. The van der Waals surface area contributed by atoms with Gasteiger partial charge in [-0.2, -0.15) is 0 Å². The topological polar surface area (TPSA) is 58.6 Å². The van der Waals surface area contributed by atoms with Crippen LogP contribution in [0.2, 0.25) is 0 Å². The zero-order chi connectivity index (χ0) is 16.1. The zero-order valence-corrected chi connectivity index (χ0v) is 13.1. The Kier molecular flexibility index (Phi) is 4.71. The van der Waals surface area contributed by atoms with Crippen molar-refractivity contribution in [3.8, 4) is 5.75 Å². The second-order valence-corrected chi connectivity index (χ2v) is 5.45. The Morgan fingerprint density at radius 2 is 1.87 bits per heavy atom. The largest absolute Gasteiger partial charge is 0.481 e. The van der Waals surface area contributed by atoms with Gasteiger partial charge in [0.1, 0.15) is 11.6 Å². The Hall–Kier alpha value is -2.63. The Morgan fingerprint density at radius 3 is 2.52 bits per heavy atom. The van der Waals surface area contributed by atoms with Gasteiger partial charge in [0, 0.05) is 38.6 Å². The number of nitrogens with zero attached hydrogens (tertiary/aromatic N) is 4. The molecule has 120 valence electrons. The number of amides is 1. The first-order chi connectivity index (χ1) is 11.2. The molecule has 23 heavy (non-hydrogen) atoms. The van der Waals surface area contributed by atoms with Gasteiger partial charge in [-0.1, -0.05) is 18.2 Å². The maximum absolute atomic E-state index is 12.5. The molecule has 0 bridgehead atoms. The molecule has 3 rings (SSSR count). The number of hydrogen-bond donors (Lipinski definition) is 0. The number of benzene rings is 1. The maximum Gasteiger partial charge on any atom is 0.263 e. The van der Waals surface area contributed by atoms with Crippen molar-refractivity contribution in [2.45, 2.75) is 13.0 Å². The summed E-state index contributed by atoms with van der Waals surface area (Å²) in [6.07, 6.45) is 4.60. The molecule has 0 radical (unpaired) electrons. The van der Waals surface area contributed by atoms with Crippen LogP contribution < -0.4 is 9.64 Å². The van der Waals surface area contributed by atoms with E-state index >= 15 is 0 Å². The van der Waals surface area contributed by atoms with E-state index in [1.807, 2.05) is 35.2 Å². The molecule has 0 spiro atoms. The van der Waals surface area contributed by atoms with E-state index in [4.69, 9.17) is 4.74 Å². The Morgan fingerprint density at radius 1 is 1.13 bits per heavy atom. The van der Waals surface area contributed by atoms with Gasteiger partial charge in [0.2, 0.25) is 0 Å². The number of aromatic nitrogens is 2. The molecule has 1 fully saturated rings. The number of ether oxygens (including phenoxy) is 1. The monoisotopic (exact) mass is 312 g/mol. The molecule has 0 saturated carbocycles. The van der Waals surface area contributed by atoms with Crippen molar-refractivity contribution in [1.29, 1.82) is 0 Å². The van der Waals surface area contributed by atoms with E-state index in [-0.39, 0.29) is 5.91 Å². The van der Waals surface area contributed by atoms with Crippen LogP contribution in [0.1, 0.15) is 6.92 Å². The normalized spacial score (nSPS) is 16.0. The molecule has 1 aliphatic rings. The predicted molar refractivity (Wildman–Crippen MR) is 87.4 cm³/mol. The van der Waals surface area contributed by atoms with Gasteiger partial charge in [-0.3, -0.25) is 9.78 Å². The minimum absolute atomic E-state index is 0.0210. The van der Waals surface area contributed by atoms with Gasteiger partial charge in [0.05, 0.1) is 6.20 Å². The lowest BCUT2D eigenvalue weighted by Crippen LogP contribution is -2.52. The first-order valence-corrected chi connectivity index (χ1v) is 7.75. The minimum atomic E-state index is -0.486. The quantitative estimate of drug-likeness (QED) is 0.858. The standard InChI is InChI=1S/C17H20N4O2/c1-14(23-15-5-3-2-4-6-15)17(22)21-11-9-20(10-12-21)16-13-18-7-8-19-16/h2-8,13-14H,9-12H2,1H3. The summed E-state index contributed by atoms with van der Waals surface area (Å²) in [5, 5.41) is 0. The van der Waals surface area contributed by atoms with Gasteiger partial charge in [-0.25, -0.2) is 4.98 Å². The summed E-state index contributed by atoms with van der Waals surface area (Å²) >= 11 is 0. The van der Waals surface area contributed by atoms with Crippen LogP contribution in [0.4, 0.5) is 5.82 Å². The Balaban J connectivity index is 1.54. The van der Waals surface area contributed by atoms with Crippen LogP contribution in [0.5, 0.6) is 5.75 Å². The first kappa shape index (κ1) is 15.3. The Bertz CT molecular complexity index is 628. The highest BCUT2D eigenvalue weighted by atomic mass is 16.5. The van der Waals surface area contributed by atoms with Crippen LogP contribution in [0.15, 0.2) is 48.9 Å². The summed E-state index contributed by atoms with van der Waals surface area (Å²) < 4.78 is 5.71. The molecule has 6 nitrogen and oxygen atoms in total. The highest BCUT2D eigenvalue weighted by molar-refractivity contribution is 5.81. The number of piperazine rings is 1. The SMILES string of the molecule is CC(Oc1ccccc1)C(=O)N1CCN(c2cnccn2)CC1. The summed E-state index contributed by atoms with van der Waals surface area (Å²) in [7, 11) is 0. The van der Waals surface area contributed by atoms with E-state index in [2.05, 4.69) is 14.9 Å². The van der Waals surface area contributed by atoms with Crippen molar-refractivity contribution in [3.05, 3.63) is 48.9 Å². The summed E-state index contributed by atoms with van der Waals surface area (Å²) in [5.41, 5.74) is 0. The van der Waals surface area contributed by atoms with Crippen LogP contribution in [0.25, 0.3) is 0 Å². The second kappa shape index (κ2) is 7.09. The molecular formula is C17H20N4O2. The van der Waals surface area contributed by atoms with Crippen LogP contribution in [-0.2, 0) is 4.79 Å². The van der Waals surface area contributed by atoms with Crippen molar-refractivity contribution in [3.63, 3.8) is 0 Å². The van der Waals surface area contributed by atoms with Crippen LogP contribution in [0, 0.1) is 0 Å². The van der Waals surface area contributed by atoms with Crippen LogP contribution in [0.3, 0.4) is 0 Å². The summed E-state index contributed by atoms with van der Waals surface area (Å²) in [6.45, 7) is 4.63. The van der Waals surface area contributed by atoms with E-state index in [0.29, 0.717) is 18.8 Å². The fourth-order valence-corrected chi connectivity index (χ4v) is 2.62. The third kappa shape index (κ3) is 3.77. The molecule has 1 aromatic heterocycles. The first-order valence-electron chi connectivity index (χ1n) is 7.75. The lowest BCUT2D eigenvalue weighted by Gasteiger charge is -2.36. The third-order valence-electron chi connectivity index (χ3n) is 3.87. The fourth-order valence-electron chi connectivity index (χ4n) is 2.62. The van der Waals surface area contributed by atoms with Gasteiger partial charge in [-0.15, -0.1) is 0 Å². The zero-order valence-electron chi connectivity index (χ0n) is 13.1. The predicted octanol–water partition coefficient (Wildman–Crippen LogP) is 1.59. The van der Waals surface area contributed by atoms with Gasteiger partial charge in [0.25, 0.3) is 5.91 Å². The van der Waals surface area contributed by atoms with E-state index in [0.717, 1.165) is 18.9 Å². The smallest absolute Gasteiger partial charge is 0.263 e. The van der Waals surface area contributed by atoms with Crippen LogP contribution in [-0.4, -0.2) is 53.1 Å². The number of carbonyl (C=O) groups is 1. The molecule has 1 amide bonds.